The van der Waals surface area contributed by atoms with Crippen molar-refractivity contribution in [3.05, 3.63) is 42.5 Å². The number of hydrogen-bond donors (Lipinski definition) is 0. The minimum atomic E-state index is 1.09. The third kappa shape index (κ3) is 1.15. The van der Waals surface area contributed by atoms with Gasteiger partial charge in [0.15, 0.2) is 0 Å². The number of aryl methyl sites for hydroxylation is 1. The Morgan fingerprint density at radius 2 is 1.82 bits per heavy atom. The highest BCUT2D eigenvalue weighted by molar-refractivity contribution is 7.99. The second-order valence-corrected chi connectivity index (χ2v) is 5.30. The van der Waals surface area contributed by atoms with Gasteiger partial charge in [0.1, 0.15) is 0 Å². The third-order valence-corrected chi connectivity index (χ3v) is 4.32. The van der Waals surface area contributed by atoms with Crippen LogP contribution >= 0.6 is 11.8 Å². The number of fused-ring (bicyclic) bond motifs is 2. The summed E-state index contributed by atoms with van der Waals surface area (Å²) in [6.07, 6.45) is 0. The lowest BCUT2D eigenvalue weighted by Gasteiger charge is -2.16. The molecule has 1 aliphatic heterocycles. The second kappa shape index (κ2) is 3.14. The van der Waals surface area contributed by atoms with Gasteiger partial charge in [0.25, 0.3) is 0 Å². The first kappa shape index (κ1) is 9.31. The quantitative estimate of drug-likeness (QED) is 0.465. The van der Waals surface area contributed by atoms with Crippen LogP contribution in [0.5, 0.6) is 0 Å². The van der Waals surface area contributed by atoms with E-state index in [1.165, 1.54) is 26.4 Å². The molecule has 4 rings (SSSR count). The number of benzene rings is 2. The van der Waals surface area contributed by atoms with Gasteiger partial charge in [-0.25, -0.2) is 0 Å². The van der Waals surface area contributed by atoms with Crippen LogP contribution in [0.2, 0.25) is 0 Å². The zero-order chi connectivity index (χ0) is 11.4. The molecular formula is C14H10N2S. The fraction of sp³-hybridized carbons (Fsp3) is 0.0714. The summed E-state index contributed by atoms with van der Waals surface area (Å²) in [5.74, 6) is 0. The summed E-state index contributed by atoms with van der Waals surface area (Å²) in [7, 11) is 2.02. The van der Waals surface area contributed by atoms with Crippen LogP contribution in [0.3, 0.4) is 0 Å². The van der Waals surface area contributed by atoms with Crippen molar-refractivity contribution in [2.45, 2.75) is 9.79 Å². The van der Waals surface area contributed by atoms with Gasteiger partial charge < -0.3 is 0 Å². The van der Waals surface area contributed by atoms with Crippen LogP contribution in [-0.2, 0) is 7.05 Å². The van der Waals surface area contributed by atoms with Crippen molar-refractivity contribution in [3.63, 3.8) is 0 Å². The average Bonchev–Trinajstić information content (AvgIpc) is 2.69. The zero-order valence-electron chi connectivity index (χ0n) is 9.34. The molecule has 0 saturated heterocycles. The highest BCUT2D eigenvalue weighted by Gasteiger charge is 2.22. The molecular weight excluding hydrogens is 228 g/mol. The Hall–Kier alpha value is -1.74. The SMILES string of the molecule is Cn1nc2cccc3c2c1-c1ccccc1S3. The Bertz CT molecular complexity index is 743. The van der Waals surface area contributed by atoms with Crippen molar-refractivity contribution in [1.29, 1.82) is 0 Å². The van der Waals surface area contributed by atoms with Crippen molar-refractivity contribution in [3.8, 4) is 11.3 Å². The zero-order valence-corrected chi connectivity index (χ0v) is 10.2. The van der Waals surface area contributed by atoms with E-state index in [9.17, 15) is 0 Å². The summed E-state index contributed by atoms with van der Waals surface area (Å²) in [6.45, 7) is 0. The van der Waals surface area contributed by atoms with E-state index >= 15 is 0 Å². The van der Waals surface area contributed by atoms with Crippen molar-refractivity contribution in [2.24, 2.45) is 7.05 Å². The summed E-state index contributed by atoms with van der Waals surface area (Å²) in [6, 6.07) is 14.9. The van der Waals surface area contributed by atoms with Gasteiger partial charge in [0.05, 0.1) is 11.2 Å². The van der Waals surface area contributed by atoms with Crippen molar-refractivity contribution in [2.75, 3.05) is 0 Å². The van der Waals surface area contributed by atoms with Gasteiger partial charge in [-0.15, -0.1) is 0 Å². The summed E-state index contributed by atoms with van der Waals surface area (Å²) < 4.78 is 1.99. The van der Waals surface area contributed by atoms with Crippen LogP contribution in [0.4, 0.5) is 0 Å². The second-order valence-electron chi connectivity index (χ2n) is 4.22. The minimum Gasteiger partial charge on any atom is -0.267 e. The predicted molar refractivity (Wildman–Crippen MR) is 70.3 cm³/mol. The van der Waals surface area contributed by atoms with Crippen molar-refractivity contribution in [1.82, 2.24) is 9.78 Å². The van der Waals surface area contributed by atoms with Gasteiger partial charge in [-0.2, -0.15) is 5.10 Å². The van der Waals surface area contributed by atoms with Gasteiger partial charge in [0.2, 0.25) is 0 Å². The molecule has 0 fully saturated rings. The van der Waals surface area contributed by atoms with E-state index in [1.807, 2.05) is 23.5 Å². The topological polar surface area (TPSA) is 17.8 Å². The smallest absolute Gasteiger partial charge is 0.0941 e. The molecule has 82 valence electrons. The Morgan fingerprint density at radius 1 is 1.00 bits per heavy atom. The molecule has 3 aromatic rings. The van der Waals surface area contributed by atoms with Gasteiger partial charge in [0, 0.05) is 27.8 Å². The van der Waals surface area contributed by atoms with Crippen LogP contribution in [0, 0.1) is 0 Å². The maximum Gasteiger partial charge on any atom is 0.0941 e. The Morgan fingerprint density at radius 3 is 2.76 bits per heavy atom. The molecule has 0 radical (unpaired) electrons. The number of rotatable bonds is 0. The van der Waals surface area contributed by atoms with Crippen LogP contribution in [-0.4, -0.2) is 9.78 Å². The lowest BCUT2D eigenvalue weighted by molar-refractivity contribution is 0.786. The molecule has 2 heterocycles. The first-order valence-corrected chi connectivity index (χ1v) is 6.39. The minimum absolute atomic E-state index is 1.09. The normalized spacial score (nSPS) is 12.8. The van der Waals surface area contributed by atoms with E-state index < -0.39 is 0 Å². The van der Waals surface area contributed by atoms with Crippen LogP contribution in [0.15, 0.2) is 52.3 Å². The van der Waals surface area contributed by atoms with Gasteiger partial charge in [-0.1, -0.05) is 36.0 Å². The van der Waals surface area contributed by atoms with Gasteiger partial charge in [-0.3, -0.25) is 4.68 Å². The summed E-state index contributed by atoms with van der Waals surface area (Å²) in [5.41, 5.74) is 3.62. The Labute approximate surface area is 103 Å². The molecule has 0 N–H and O–H groups in total. The first-order valence-electron chi connectivity index (χ1n) is 5.57. The van der Waals surface area contributed by atoms with E-state index in [1.54, 1.807) is 0 Å². The molecule has 17 heavy (non-hydrogen) atoms. The van der Waals surface area contributed by atoms with E-state index in [4.69, 9.17) is 0 Å². The monoisotopic (exact) mass is 238 g/mol. The van der Waals surface area contributed by atoms with E-state index in [2.05, 4.69) is 47.6 Å². The molecule has 0 unspecified atom stereocenters. The number of hydrogen-bond acceptors (Lipinski definition) is 2. The maximum atomic E-state index is 4.59. The van der Waals surface area contributed by atoms with E-state index in [-0.39, 0.29) is 0 Å². The van der Waals surface area contributed by atoms with Gasteiger partial charge in [-0.05, 0) is 18.2 Å². The van der Waals surface area contributed by atoms with Crippen molar-refractivity contribution < 1.29 is 0 Å². The standard InChI is InChI=1S/C14H10N2S/c1-16-14-9-5-2-3-7-11(9)17-12-8-4-6-10(15-16)13(12)14/h2-8H,1H3. The molecule has 3 heteroatoms. The van der Waals surface area contributed by atoms with E-state index in [0.29, 0.717) is 0 Å². The summed E-state index contributed by atoms with van der Waals surface area (Å²) >= 11 is 1.83. The third-order valence-electron chi connectivity index (χ3n) is 3.18. The molecule has 0 atom stereocenters. The maximum absolute atomic E-state index is 4.59. The molecule has 0 amide bonds. The Kier molecular flexibility index (Phi) is 1.72. The fourth-order valence-electron chi connectivity index (χ4n) is 2.48. The van der Waals surface area contributed by atoms with Gasteiger partial charge >= 0.3 is 0 Å². The molecule has 0 saturated carbocycles. The van der Waals surface area contributed by atoms with Crippen molar-refractivity contribution >= 4 is 22.7 Å². The number of nitrogens with zero attached hydrogens (tertiary/aromatic N) is 2. The fourth-order valence-corrected chi connectivity index (χ4v) is 3.59. The van der Waals surface area contributed by atoms with Crippen LogP contribution in [0.1, 0.15) is 0 Å². The molecule has 2 aromatic carbocycles. The highest BCUT2D eigenvalue weighted by Crippen LogP contribution is 2.47. The molecule has 0 aliphatic carbocycles. The predicted octanol–water partition coefficient (Wildman–Crippen LogP) is 3.70. The average molecular weight is 238 g/mol. The Balaban J connectivity index is 2.24. The van der Waals surface area contributed by atoms with Crippen LogP contribution < -0.4 is 0 Å². The molecule has 1 aromatic heterocycles. The lowest BCUT2D eigenvalue weighted by Crippen LogP contribution is -1.97. The highest BCUT2D eigenvalue weighted by atomic mass is 32.2. The summed E-state index contributed by atoms with van der Waals surface area (Å²) in [5, 5.41) is 5.88. The van der Waals surface area contributed by atoms with E-state index in [0.717, 1.165) is 5.52 Å². The number of aromatic nitrogens is 2. The largest absolute Gasteiger partial charge is 0.267 e. The van der Waals surface area contributed by atoms with Crippen LogP contribution in [0.25, 0.3) is 22.2 Å². The molecule has 0 bridgehead atoms. The molecule has 2 nitrogen and oxygen atoms in total. The summed E-state index contributed by atoms with van der Waals surface area (Å²) in [4.78, 5) is 2.63. The molecule has 0 spiro atoms. The molecule has 1 aliphatic rings. The first-order chi connectivity index (χ1) is 8.34. The lowest BCUT2D eigenvalue weighted by atomic mass is 10.1.